The van der Waals surface area contributed by atoms with Crippen LogP contribution in [0, 0.1) is 6.92 Å². The number of aromatic amines is 1. The Morgan fingerprint density at radius 3 is 2.94 bits per heavy atom. The van der Waals surface area contributed by atoms with E-state index in [1.54, 1.807) is 4.40 Å². The van der Waals surface area contributed by atoms with Crippen LogP contribution in [0.25, 0.3) is 16.8 Å². The number of aryl methyl sites for hydroxylation is 1. The number of nitrogens with zero attached hydrogens (tertiary/aromatic N) is 2. The second kappa shape index (κ2) is 3.18. The minimum Gasteiger partial charge on any atom is -0.328 e. The van der Waals surface area contributed by atoms with Gasteiger partial charge in [0.2, 0.25) is 5.78 Å². The molecule has 2 heterocycles. The molecule has 0 amide bonds. The molecule has 4 nitrogen and oxygen atoms in total. The summed E-state index contributed by atoms with van der Waals surface area (Å²) in [5, 5.41) is 0. The molecule has 3 aromatic rings. The average molecular weight is 278 g/mol. The maximum absolute atomic E-state index is 12.1. The number of fused-ring (bicyclic) bond motifs is 3. The first-order chi connectivity index (χ1) is 7.68. The molecule has 0 atom stereocenters. The quantitative estimate of drug-likeness (QED) is 0.685. The van der Waals surface area contributed by atoms with Gasteiger partial charge in [-0.25, -0.2) is 9.38 Å². The number of hydrogen-bond acceptors (Lipinski definition) is 2. The Hall–Kier alpha value is -1.62. The lowest BCUT2D eigenvalue weighted by atomic mass is 10.3. The molecular weight excluding hydrogens is 270 g/mol. The summed E-state index contributed by atoms with van der Waals surface area (Å²) in [6, 6.07) is 7.57. The van der Waals surface area contributed by atoms with Gasteiger partial charge in [0.15, 0.2) is 0 Å². The molecule has 0 aliphatic heterocycles. The van der Waals surface area contributed by atoms with Gasteiger partial charge in [0, 0.05) is 5.69 Å². The average Bonchev–Trinajstić information content (AvgIpc) is 2.64. The Kier molecular flexibility index (Phi) is 1.91. The molecule has 0 unspecified atom stereocenters. The molecule has 0 saturated carbocycles. The lowest BCUT2D eigenvalue weighted by Gasteiger charge is -1.99. The summed E-state index contributed by atoms with van der Waals surface area (Å²) >= 11 is 3.28. The Labute approximate surface area is 99.1 Å². The smallest absolute Gasteiger partial charge is 0.274 e. The van der Waals surface area contributed by atoms with E-state index < -0.39 is 0 Å². The van der Waals surface area contributed by atoms with E-state index in [-0.39, 0.29) is 5.56 Å². The first-order valence-corrected chi connectivity index (χ1v) is 5.63. The molecule has 0 fully saturated rings. The fourth-order valence-electron chi connectivity index (χ4n) is 1.80. The number of nitrogens with one attached hydrogen (secondary N) is 1. The molecule has 0 radical (unpaired) electrons. The van der Waals surface area contributed by atoms with Gasteiger partial charge in [0.1, 0.15) is 4.47 Å². The van der Waals surface area contributed by atoms with Gasteiger partial charge in [-0.15, -0.1) is 0 Å². The van der Waals surface area contributed by atoms with Crippen LogP contribution < -0.4 is 5.56 Å². The third kappa shape index (κ3) is 1.15. The largest absolute Gasteiger partial charge is 0.328 e. The summed E-state index contributed by atoms with van der Waals surface area (Å²) in [6.07, 6.45) is 0. The Bertz CT molecular complexity index is 757. The minimum absolute atomic E-state index is 0.0834. The summed E-state index contributed by atoms with van der Waals surface area (Å²) in [7, 11) is 0. The standard InChI is InChI=1S/C11H8BrN3O/c1-6-9(12)10(16)15-8-5-3-2-4-7(8)14-11(15)13-6/h2-5H,1H3,(H,13,14). The Balaban J connectivity index is 2.68. The van der Waals surface area contributed by atoms with Gasteiger partial charge in [0.05, 0.1) is 11.0 Å². The van der Waals surface area contributed by atoms with E-state index in [0.29, 0.717) is 10.3 Å². The summed E-state index contributed by atoms with van der Waals surface area (Å²) in [5.74, 6) is 0.576. The second-order valence-electron chi connectivity index (χ2n) is 3.63. The maximum Gasteiger partial charge on any atom is 0.274 e. The number of hydrogen-bond donors (Lipinski definition) is 1. The van der Waals surface area contributed by atoms with Gasteiger partial charge in [-0.1, -0.05) is 12.1 Å². The SMILES string of the molecule is Cc1[nH]c2nc3ccccc3n2c(=O)c1Br. The van der Waals surface area contributed by atoms with Crippen molar-refractivity contribution in [3.05, 3.63) is 44.8 Å². The van der Waals surface area contributed by atoms with Crippen molar-refractivity contribution in [1.29, 1.82) is 0 Å². The highest BCUT2D eigenvalue weighted by atomic mass is 79.9. The zero-order chi connectivity index (χ0) is 11.3. The van der Waals surface area contributed by atoms with Crippen molar-refractivity contribution >= 4 is 32.7 Å². The number of halogens is 1. The van der Waals surface area contributed by atoms with Crippen molar-refractivity contribution < 1.29 is 0 Å². The van der Waals surface area contributed by atoms with Crippen LogP contribution in [0.15, 0.2) is 33.5 Å². The number of rotatable bonds is 0. The number of para-hydroxylation sites is 2. The molecule has 1 aromatic carbocycles. The van der Waals surface area contributed by atoms with Crippen LogP contribution >= 0.6 is 15.9 Å². The molecule has 2 aromatic heterocycles. The topological polar surface area (TPSA) is 50.2 Å². The van der Waals surface area contributed by atoms with Crippen molar-refractivity contribution in [3.8, 4) is 0 Å². The third-order valence-electron chi connectivity index (χ3n) is 2.58. The van der Waals surface area contributed by atoms with Gasteiger partial charge < -0.3 is 4.98 Å². The maximum atomic E-state index is 12.1. The lowest BCUT2D eigenvalue weighted by Crippen LogP contribution is -2.15. The molecule has 0 spiro atoms. The number of H-pyrrole nitrogens is 1. The van der Waals surface area contributed by atoms with Gasteiger partial charge in [-0.05, 0) is 35.0 Å². The van der Waals surface area contributed by atoms with Gasteiger partial charge in [-0.2, -0.15) is 0 Å². The molecule has 0 aliphatic carbocycles. The van der Waals surface area contributed by atoms with Crippen LogP contribution in [0.5, 0.6) is 0 Å². The van der Waals surface area contributed by atoms with E-state index in [1.165, 1.54) is 0 Å². The highest BCUT2D eigenvalue weighted by Crippen LogP contribution is 2.16. The Morgan fingerprint density at radius 2 is 2.12 bits per heavy atom. The van der Waals surface area contributed by atoms with E-state index in [0.717, 1.165) is 16.7 Å². The fraction of sp³-hybridized carbons (Fsp3) is 0.0909. The van der Waals surface area contributed by atoms with Gasteiger partial charge >= 0.3 is 0 Å². The number of benzene rings is 1. The number of imidazole rings is 1. The molecular formula is C11H8BrN3O. The molecule has 1 N–H and O–H groups in total. The predicted octanol–water partition coefficient (Wildman–Crippen LogP) is 2.25. The monoisotopic (exact) mass is 277 g/mol. The number of aromatic nitrogens is 3. The first-order valence-electron chi connectivity index (χ1n) is 4.84. The molecule has 0 bridgehead atoms. The lowest BCUT2D eigenvalue weighted by molar-refractivity contribution is 1.03. The second-order valence-corrected chi connectivity index (χ2v) is 4.42. The van der Waals surface area contributed by atoms with E-state index in [1.807, 2.05) is 31.2 Å². The van der Waals surface area contributed by atoms with E-state index in [9.17, 15) is 4.79 Å². The summed E-state index contributed by atoms with van der Waals surface area (Å²) in [6.45, 7) is 1.84. The molecule has 0 saturated heterocycles. The molecule has 5 heteroatoms. The van der Waals surface area contributed by atoms with Crippen LogP contribution in [-0.4, -0.2) is 14.4 Å². The summed E-state index contributed by atoms with van der Waals surface area (Å²) in [5.41, 5.74) is 2.33. The van der Waals surface area contributed by atoms with Crippen LogP contribution in [0.3, 0.4) is 0 Å². The van der Waals surface area contributed by atoms with E-state index in [2.05, 4.69) is 25.9 Å². The predicted molar refractivity (Wildman–Crippen MR) is 65.8 cm³/mol. The van der Waals surface area contributed by atoms with Crippen molar-refractivity contribution in [2.24, 2.45) is 0 Å². The Morgan fingerprint density at radius 1 is 1.38 bits per heavy atom. The highest BCUT2D eigenvalue weighted by Gasteiger charge is 2.10. The zero-order valence-corrected chi connectivity index (χ0v) is 10.1. The summed E-state index contributed by atoms with van der Waals surface area (Å²) < 4.78 is 2.12. The van der Waals surface area contributed by atoms with Crippen molar-refractivity contribution in [2.75, 3.05) is 0 Å². The molecule has 0 aliphatic rings. The fourth-order valence-corrected chi connectivity index (χ4v) is 2.07. The van der Waals surface area contributed by atoms with E-state index >= 15 is 0 Å². The molecule has 80 valence electrons. The van der Waals surface area contributed by atoms with Crippen molar-refractivity contribution in [2.45, 2.75) is 6.92 Å². The molecule has 16 heavy (non-hydrogen) atoms. The van der Waals surface area contributed by atoms with Crippen molar-refractivity contribution in [1.82, 2.24) is 14.4 Å². The van der Waals surface area contributed by atoms with Crippen LogP contribution in [0.4, 0.5) is 0 Å². The van der Waals surface area contributed by atoms with Crippen molar-refractivity contribution in [3.63, 3.8) is 0 Å². The summed E-state index contributed by atoms with van der Waals surface area (Å²) in [4.78, 5) is 19.5. The van der Waals surface area contributed by atoms with Crippen LogP contribution in [-0.2, 0) is 0 Å². The van der Waals surface area contributed by atoms with Crippen LogP contribution in [0.2, 0.25) is 0 Å². The third-order valence-corrected chi connectivity index (χ3v) is 3.51. The minimum atomic E-state index is -0.0834. The molecule has 3 rings (SSSR count). The highest BCUT2D eigenvalue weighted by molar-refractivity contribution is 9.10. The van der Waals surface area contributed by atoms with Crippen LogP contribution in [0.1, 0.15) is 5.69 Å². The van der Waals surface area contributed by atoms with Gasteiger partial charge in [0.25, 0.3) is 5.56 Å². The normalized spacial score (nSPS) is 11.4. The van der Waals surface area contributed by atoms with E-state index in [4.69, 9.17) is 0 Å². The van der Waals surface area contributed by atoms with Gasteiger partial charge in [-0.3, -0.25) is 4.79 Å². The zero-order valence-electron chi connectivity index (χ0n) is 8.49. The first kappa shape index (κ1) is 9.59.